The van der Waals surface area contributed by atoms with Crippen LogP contribution in [0, 0.1) is 0 Å². The van der Waals surface area contributed by atoms with E-state index in [1.165, 1.54) is 5.56 Å². The van der Waals surface area contributed by atoms with E-state index in [2.05, 4.69) is 6.92 Å². The summed E-state index contributed by atoms with van der Waals surface area (Å²) in [4.78, 5) is 11.0. The summed E-state index contributed by atoms with van der Waals surface area (Å²) in [5.41, 5.74) is 1.19. The van der Waals surface area contributed by atoms with E-state index in [1.807, 2.05) is 24.3 Å². The third-order valence-electron chi connectivity index (χ3n) is 2.32. The number of hydrogen-bond acceptors (Lipinski definition) is 3. The molecule has 0 saturated heterocycles. The molecule has 0 spiro atoms. The summed E-state index contributed by atoms with van der Waals surface area (Å²) in [6, 6.07) is 11.0. The van der Waals surface area contributed by atoms with Crippen molar-refractivity contribution in [3.63, 3.8) is 0 Å². The predicted molar refractivity (Wildman–Crippen MR) is 67.2 cm³/mol. The molecule has 0 aliphatic carbocycles. The molecule has 88 valence electrons. The molecule has 1 heterocycles. The first kappa shape index (κ1) is 11.7. The number of aryl methyl sites for hydroxylation is 1. The van der Waals surface area contributed by atoms with Gasteiger partial charge < -0.3 is 9.84 Å². The minimum Gasteiger partial charge on any atom is -0.477 e. The predicted octanol–water partition coefficient (Wildman–Crippen LogP) is 3.80. The zero-order chi connectivity index (χ0) is 12.3. The Morgan fingerprint density at radius 3 is 2.82 bits per heavy atom. The average Bonchev–Trinajstić information content (AvgIpc) is 2.78. The SMILES string of the molecule is CCc1cccc(Oc2ccc(C(=O)O)s2)c1. The van der Waals surface area contributed by atoms with Crippen LogP contribution in [0.1, 0.15) is 22.2 Å². The lowest BCUT2D eigenvalue weighted by atomic mass is 10.2. The third-order valence-corrected chi connectivity index (χ3v) is 3.27. The second-order valence-electron chi connectivity index (χ2n) is 3.53. The largest absolute Gasteiger partial charge is 0.477 e. The first-order valence-corrected chi connectivity index (χ1v) is 6.10. The number of hydrogen-bond donors (Lipinski definition) is 1. The summed E-state index contributed by atoms with van der Waals surface area (Å²) < 4.78 is 5.61. The number of carboxylic acids is 1. The number of thiophene rings is 1. The molecule has 1 aromatic heterocycles. The molecule has 0 aliphatic heterocycles. The van der Waals surface area contributed by atoms with Crippen LogP contribution in [0.15, 0.2) is 36.4 Å². The highest BCUT2D eigenvalue weighted by Gasteiger charge is 2.08. The van der Waals surface area contributed by atoms with Crippen molar-refractivity contribution in [1.82, 2.24) is 0 Å². The van der Waals surface area contributed by atoms with E-state index in [9.17, 15) is 4.79 Å². The molecule has 0 unspecified atom stereocenters. The van der Waals surface area contributed by atoms with Gasteiger partial charge in [0.15, 0.2) is 5.06 Å². The van der Waals surface area contributed by atoms with Gasteiger partial charge in [-0.3, -0.25) is 0 Å². The van der Waals surface area contributed by atoms with E-state index in [0.717, 1.165) is 23.5 Å². The van der Waals surface area contributed by atoms with Crippen LogP contribution in [0.4, 0.5) is 0 Å². The van der Waals surface area contributed by atoms with Crippen molar-refractivity contribution < 1.29 is 14.6 Å². The Kier molecular flexibility index (Phi) is 3.44. The topological polar surface area (TPSA) is 46.5 Å². The van der Waals surface area contributed by atoms with Gasteiger partial charge in [0.1, 0.15) is 10.6 Å². The number of ether oxygens (including phenoxy) is 1. The fourth-order valence-electron chi connectivity index (χ4n) is 1.43. The molecule has 0 fully saturated rings. The van der Waals surface area contributed by atoms with E-state index in [0.29, 0.717) is 5.06 Å². The monoisotopic (exact) mass is 248 g/mol. The molecule has 4 heteroatoms. The van der Waals surface area contributed by atoms with Gasteiger partial charge in [0.05, 0.1) is 0 Å². The van der Waals surface area contributed by atoms with Crippen LogP contribution >= 0.6 is 11.3 Å². The normalized spacial score (nSPS) is 10.2. The van der Waals surface area contributed by atoms with Crippen LogP contribution in [0.25, 0.3) is 0 Å². The van der Waals surface area contributed by atoms with E-state index in [-0.39, 0.29) is 4.88 Å². The Morgan fingerprint density at radius 2 is 2.18 bits per heavy atom. The molecular formula is C13H12O3S. The second kappa shape index (κ2) is 5.01. The van der Waals surface area contributed by atoms with Gasteiger partial charge >= 0.3 is 5.97 Å². The lowest BCUT2D eigenvalue weighted by Crippen LogP contribution is -1.89. The summed E-state index contributed by atoms with van der Waals surface area (Å²) in [7, 11) is 0. The number of benzene rings is 1. The molecule has 1 N–H and O–H groups in total. The second-order valence-corrected chi connectivity index (χ2v) is 4.57. The lowest BCUT2D eigenvalue weighted by Gasteiger charge is -2.04. The molecule has 0 amide bonds. The first-order chi connectivity index (χ1) is 8.19. The maximum atomic E-state index is 10.7. The molecule has 3 nitrogen and oxygen atoms in total. The van der Waals surface area contributed by atoms with Crippen molar-refractivity contribution in [3.05, 3.63) is 46.8 Å². The van der Waals surface area contributed by atoms with Gasteiger partial charge in [-0.1, -0.05) is 30.4 Å². The highest BCUT2D eigenvalue weighted by Crippen LogP contribution is 2.29. The van der Waals surface area contributed by atoms with Crippen molar-refractivity contribution in [2.45, 2.75) is 13.3 Å². The summed E-state index contributed by atoms with van der Waals surface area (Å²) in [6.45, 7) is 2.08. The average molecular weight is 248 g/mol. The van der Waals surface area contributed by atoms with Gasteiger partial charge in [-0.25, -0.2) is 4.79 Å². The fraction of sp³-hybridized carbons (Fsp3) is 0.154. The maximum absolute atomic E-state index is 10.7. The number of carbonyl (C=O) groups is 1. The summed E-state index contributed by atoms with van der Waals surface area (Å²) in [5, 5.41) is 9.39. The summed E-state index contributed by atoms with van der Waals surface area (Å²) in [5.74, 6) is -0.185. The Morgan fingerprint density at radius 1 is 1.35 bits per heavy atom. The highest BCUT2D eigenvalue weighted by molar-refractivity contribution is 7.15. The molecular weight excluding hydrogens is 236 g/mol. The van der Waals surface area contributed by atoms with E-state index in [1.54, 1.807) is 12.1 Å². The zero-order valence-electron chi connectivity index (χ0n) is 9.34. The van der Waals surface area contributed by atoms with Gasteiger partial charge in [-0.2, -0.15) is 0 Å². The molecule has 2 rings (SSSR count). The Bertz CT molecular complexity index is 531. The van der Waals surface area contributed by atoms with Crippen molar-refractivity contribution >= 4 is 17.3 Å². The van der Waals surface area contributed by atoms with Crippen molar-refractivity contribution in [2.75, 3.05) is 0 Å². The highest BCUT2D eigenvalue weighted by atomic mass is 32.1. The van der Waals surface area contributed by atoms with Crippen molar-refractivity contribution in [3.8, 4) is 10.8 Å². The van der Waals surface area contributed by atoms with Crippen molar-refractivity contribution in [1.29, 1.82) is 0 Å². The minimum absolute atomic E-state index is 0.284. The van der Waals surface area contributed by atoms with Gasteiger partial charge in [-0.05, 0) is 36.2 Å². The van der Waals surface area contributed by atoms with Gasteiger partial charge in [0, 0.05) is 0 Å². The molecule has 1 aromatic carbocycles. The van der Waals surface area contributed by atoms with Gasteiger partial charge in [-0.15, -0.1) is 0 Å². The Balaban J connectivity index is 2.16. The van der Waals surface area contributed by atoms with Crippen LogP contribution in [0.5, 0.6) is 10.8 Å². The van der Waals surface area contributed by atoms with E-state index < -0.39 is 5.97 Å². The summed E-state index contributed by atoms with van der Waals surface area (Å²) in [6.07, 6.45) is 0.946. The molecule has 0 radical (unpaired) electrons. The number of rotatable bonds is 4. The molecule has 0 atom stereocenters. The summed E-state index contributed by atoms with van der Waals surface area (Å²) >= 11 is 1.13. The van der Waals surface area contributed by atoms with Crippen LogP contribution in [-0.4, -0.2) is 11.1 Å². The quantitative estimate of drug-likeness (QED) is 0.895. The number of carboxylic acid groups (broad SMARTS) is 1. The molecule has 0 aliphatic rings. The fourth-order valence-corrected chi connectivity index (χ4v) is 2.15. The minimum atomic E-state index is -0.924. The molecule has 0 saturated carbocycles. The first-order valence-electron chi connectivity index (χ1n) is 5.29. The molecule has 0 bridgehead atoms. The van der Waals surface area contributed by atoms with Crippen LogP contribution in [-0.2, 0) is 6.42 Å². The van der Waals surface area contributed by atoms with Crippen molar-refractivity contribution in [2.24, 2.45) is 0 Å². The maximum Gasteiger partial charge on any atom is 0.345 e. The molecule has 17 heavy (non-hydrogen) atoms. The van der Waals surface area contributed by atoms with Gasteiger partial charge in [0.2, 0.25) is 0 Å². The van der Waals surface area contributed by atoms with Crippen LogP contribution in [0.2, 0.25) is 0 Å². The standard InChI is InChI=1S/C13H12O3S/c1-2-9-4-3-5-10(8-9)16-12-7-6-11(17-12)13(14)15/h3-8H,2H2,1H3,(H,14,15). The van der Waals surface area contributed by atoms with Crippen LogP contribution < -0.4 is 4.74 Å². The van der Waals surface area contributed by atoms with Gasteiger partial charge in [0.25, 0.3) is 0 Å². The smallest absolute Gasteiger partial charge is 0.345 e. The van der Waals surface area contributed by atoms with E-state index >= 15 is 0 Å². The third kappa shape index (κ3) is 2.85. The zero-order valence-corrected chi connectivity index (χ0v) is 10.2. The van der Waals surface area contributed by atoms with E-state index in [4.69, 9.17) is 9.84 Å². The lowest BCUT2D eigenvalue weighted by molar-refractivity contribution is 0.0702. The molecule has 2 aromatic rings. The Hall–Kier alpha value is -1.81. The number of aromatic carboxylic acids is 1. The Labute approximate surface area is 103 Å². The van der Waals surface area contributed by atoms with Crippen LogP contribution in [0.3, 0.4) is 0 Å².